The smallest absolute Gasteiger partial charge is 0.335 e. The second-order valence-corrected chi connectivity index (χ2v) is 13.5. The molecule has 1 saturated carbocycles. The van der Waals surface area contributed by atoms with E-state index < -0.39 is 24.5 Å². The SMILES string of the molecule is C=C(CC)C(=O)OCC(COC(=O)C(=C)CO)c1ccc2cc(-c3ccc4cc(C5CCC(CCCCC)CC5)ccc4c3)ccc2c1. The largest absolute Gasteiger partial charge is 0.462 e. The number of esters is 2. The molecule has 1 atom stereocenters. The second kappa shape index (κ2) is 16.7. The van der Waals surface area contributed by atoms with Crippen LogP contribution in [0.4, 0.5) is 0 Å². The van der Waals surface area contributed by atoms with E-state index in [0.29, 0.717) is 17.9 Å². The quantitative estimate of drug-likeness (QED) is 0.0791. The Balaban J connectivity index is 1.30. The van der Waals surface area contributed by atoms with E-state index in [4.69, 9.17) is 9.47 Å². The first-order chi connectivity index (χ1) is 23.3. The van der Waals surface area contributed by atoms with Crippen LogP contribution in [0, 0.1) is 5.92 Å². The van der Waals surface area contributed by atoms with Crippen LogP contribution in [0.2, 0.25) is 0 Å². The van der Waals surface area contributed by atoms with Gasteiger partial charge in [0.2, 0.25) is 0 Å². The monoisotopic (exact) mass is 646 g/mol. The number of fused-ring (bicyclic) bond motifs is 2. The molecular formula is C43H50O5. The molecule has 5 nitrogen and oxygen atoms in total. The van der Waals surface area contributed by atoms with Crippen molar-refractivity contribution in [2.75, 3.05) is 19.8 Å². The third-order valence-corrected chi connectivity index (χ3v) is 10.1. The van der Waals surface area contributed by atoms with Crippen LogP contribution in [0.5, 0.6) is 0 Å². The number of ether oxygens (including phenoxy) is 2. The van der Waals surface area contributed by atoms with E-state index in [2.05, 4.69) is 74.7 Å². The van der Waals surface area contributed by atoms with Crippen molar-refractivity contribution >= 4 is 33.5 Å². The second-order valence-electron chi connectivity index (χ2n) is 13.5. The summed E-state index contributed by atoms with van der Waals surface area (Å²) in [5.74, 6) is 0.0561. The summed E-state index contributed by atoms with van der Waals surface area (Å²) in [5.41, 5.74) is 5.03. The molecule has 0 aromatic heterocycles. The van der Waals surface area contributed by atoms with Gasteiger partial charge < -0.3 is 14.6 Å². The van der Waals surface area contributed by atoms with Crippen molar-refractivity contribution in [3.63, 3.8) is 0 Å². The fourth-order valence-electron chi connectivity index (χ4n) is 6.87. The molecule has 0 radical (unpaired) electrons. The minimum atomic E-state index is -0.677. The maximum atomic E-state index is 12.3. The summed E-state index contributed by atoms with van der Waals surface area (Å²) in [7, 11) is 0. The maximum absolute atomic E-state index is 12.3. The molecule has 1 aliphatic rings. The number of benzene rings is 4. The number of hydrogen-bond acceptors (Lipinski definition) is 5. The predicted molar refractivity (Wildman–Crippen MR) is 196 cm³/mol. The molecule has 0 spiro atoms. The standard InChI is InChI=1S/C43H50O5/c1-5-7-8-9-31-10-12-32(13-11-31)33-14-15-35-23-36(17-16-34(35)22-33)37-18-19-39-25-40(21-20-38(39)24-37)41(27-47-42(45)29(3)6-2)28-48-43(46)30(4)26-44/h14-25,31-32,41,44H,3-13,26-28H2,1-2H3. The number of carbonyl (C=O) groups is 2. The highest BCUT2D eigenvalue weighted by Gasteiger charge is 2.23. The lowest BCUT2D eigenvalue weighted by atomic mass is 9.76. The van der Waals surface area contributed by atoms with Gasteiger partial charge in [-0.2, -0.15) is 0 Å². The molecule has 0 saturated heterocycles. The van der Waals surface area contributed by atoms with Crippen LogP contribution in [0.1, 0.15) is 94.6 Å². The van der Waals surface area contributed by atoms with Gasteiger partial charge in [-0.25, -0.2) is 9.59 Å². The molecule has 0 amide bonds. The fourth-order valence-corrected chi connectivity index (χ4v) is 6.87. The Hall–Kier alpha value is -4.22. The lowest BCUT2D eigenvalue weighted by molar-refractivity contribution is -0.142. The number of carbonyl (C=O) groups excluding carboxylic acids is 2. The molecule has 0 aliphatic heterocycles. The number of rotatable bonds is 15. The van der Waals surface area contributed by atoms with Gasteiger partial charge in [0, 0.05) is 5.57 Å². The first-order valence-electron chi connectivity index (χ1n) is 17.7. The molecule has 0 bridgehead atoms. The Morgan fingerprint density at radius 2 is 1.29 bits per heavy atom. The number of aliphatic hydroxyl groups excluding tert-OH is 1. The fraction of sp³-hybridized carbons (Fsp3) is 0.395. The van der Waals surface area contributed by atoms with Gasteiger partial charge in [-0.15, -0.1) is 0 Å². The summed E-state index contributed by atoms with van der Waals surface area (Å²) in [6.07, 6.45) is 11.3. The zero-order chi connectivity index (χ0) is 34.0. The highest BCUT2D eigenvalue weighted by atomic mass is 16.5. The molecule has 4 aromatic rings. The first-order valence-corrected chi connectivity index (χ1v) is 17.7. The van der Waals surface area contributed by atoms with Gasteiger partial charge in [-0.05, 0) is 99.9 Å². The topological polar surface area (TPSA) is 72.8 Å². The van der Waals surface area contributed by atoms with E-state index in [1.165, 1.54) is 73.3 Å². The van der Waals surface area contributed by atoms with Crippen molar-refractivity contribution in [1.82, 2.24) is 0 Å². The summed E-state index contributed by atoms with van der Waals surface area (Å²) in [5, 5.41) is 13.9. The van der Waals surface area contributed by atoms with Crippen molar-refractivity contribution in [3.8, 4) is 11.1 Å². The minimum Gasteiger partial charge on any atom is -0.462 e. The normalized spacial score (nSPS) is 16.8. The molecule has 252 valence electrons. The Morgan fingerprint density at radius 3 is 1.90 bits per heavy atom. The van der Waals surface area contributed by atoms with Crippen molar-refractivity contribution in [3.05, 3.63) is 108 Å². The lowest BCUT2D eigenvalue weighted by Crippen LogP contribution is -2.21. The maximum Gasteiger partial charge on any atom is 0.335 e. The van der Waals surface area contributed by atoms with Crippen molar-refractivity contribution in [2.24, 2.45) is 5.92 Å². The average molecular weight is 647 g/mol. The Morgan fingerprint density at radius 1 is 0.729 bits per heavy atom. The zero-order valence-electron chi connectivity index (χ0n) is 28.6. The molecule has 1 N–H and O–H groups in total. The number of aliphatic hydroxyl groups is 1. The van der Waals surface area contributed by atoms with Crippen LogP contribution >= 0.6 is 0 Å². The van der Waals surface area contributed by atoms with Gasteiger partial charge in [0.25, 0.3) is 0 Å². The van der Waals surface area contributed by atoms with Crippen LogP contribution in [0.15, 0.2) is 97.1 Å². The minimum absolute atomic E-state index is 0.0214. The molecule has 1 aliphatic carbocycles. The van der Waals surface area contributed by atoms with Crippen LogP contribution in [0.25, 0.3) is 32.7 Å². The number of unbranched alkanes of at least 4 members (excludes halogenated alkanes) is 2. The molecule has 1 fully saturated rings. The summed E-state index contributed by atoms with van der Waals surface area (Å²) in [4.78, 5) is 24.5. The van der Waals surface area contributed by atoms with E-state index in [0.717, 1.165) is 27.8 Å². The predicted octanol–water partition coefficient (Wildman–Crippen LogP) is 10.2. The summed E-state index contributed by atoms with van der Waals surface area (Å²) < 4.78 is 10.9. The summed E-state index contributed by atoms with van der Waals surface area (Å²) in [6.45, 7) is 11.0. The van der Waals surface area contributed by atoms with E-state index in [1.54, 1.807) is 0 Å². The average Bonchev–Trinajstić information content (AvgIpc) is 3.13. The Kier molecular flexibility index (Phi) is 12.2. The van der Waals surface area contributed by atoms with Crippen LogP contribution in [0.3, 0.4) is 0 Å². The van der Waals surface area contributed by atoms with Gasteiger partial charge in [0.05, 0.1) is 18.1 Å². The van der Waals surface area contributed by atoms with Crippen molar-refractivity contribution in [1.29, 1.82) is 0 Å². The van der Waals surface area contributed by atoms with Crippen molar-refractivity contribution < 1.29 is 24.2 Å². The van der Waals surface area contributed by atoms with Crippen LogP contribution in [-0.4, -0.2) is 36.9 Å². The van der Waals surface area contributed by atoms with Gasteiger partial charge in [-0.3, -0.25) is 0 Å². The molecule has 0 heterocycles. The van der Waals surface area contributed by atoms with E-state index in [1.807, 2.05) is 25.1 Å². The van der Waals surface area contributed by atoms with Crippen LogP contribution < -0.4 is 0 Å². The highest BCUT2D eigenvalue weighted by Crippen LogP contribution is 2.39. The number of hydrogen-bond donors (Lipinski definition) is 1. The van der Waals surface area contributed by atoms with E-state index in [9.17, 15) is 14.7 Å². The van der Waals surface area contributed by atoms with E-state index in [-0.39, 0.29) is 18.8 Å². The summed E-state index contributed by atoms with van der Waals surface area (Å²) >= 11 is 0. The third-order valence-electron chi connectivity index (χ3n) is 10.1. The molecule has 1 unspecified atom stereocenters. The zero-order valence-corrected chi connectivity index (χ0v) is 28.6. The lowest BCUT2D eigenvalue weighted by Gasteiger charge is -2.29. The highest BCUT2D eigenvalue weighted by molar-refractivity contribution is 5.92. The van der Waals surface area contributed by atoms with Gasteiger partial charge in [0.1, 0.15) is 13.2 Å². The van der Waals surface area contributed by atoms with Crippen LogP contribution in [-0.2, 0) is 19.1 Å². The van der Waals surface area contributed by atoms with Gasteiger partial charge >= 0.3 is 11.9 Å². The molecular weight excluding hydrogens is 596 g/mol. The molecule has 4 aromatic carbocycles. The molecule has 48 heavy (non-hydrogen) atoms. The third kappa shape index (κ3) is 8.82. The Labute approximate surface area is 285 Å². The van der Waals surface area contributed by atoms with E-state index >= 15 is 0 Å². The van der Waals surface area contributed by atoms with Gasteiger partial charge in [-0.1, -0.05) is 113 Å². The molecule has 5 heteroatoms. The summed E-state index contributed by atoms with van der Waals surface area (Å²) in [6, 6.07) is 26.3. The first kappa shape index (κ1) is 35.1. The van der Waals surface area contributed by atoms with Crippen molar-refractivity contribution in [2.45, 2.75) is 83.5 Å². The molecule has 5 rings (SSSR count). The Bertz CT molecular complexity index is 1730. The van der Waals surface area contributed by atoms with Gasteiger partial charge in [0.15, 0.2) is 0 Å².